The summed E-state index contributed by atoms with van der Waals surface area (Å²) in [4.78, 5) is 0. The molecule has 1 aromatic carbocycles. The first-order chi connectivity index (χ1) is 7.13. The molecule has 0 bridgehead atoms. The average molecular weight is 230 g/mol. The zero-order chi connectivity index (χ0) is 11.3. The Morgan fingerprint density at radius 1 is 1.47 bits per heavy atom. The molecule has 84 valence electrons. The van der Waals surface area contributed by atoms with Crippen LogP contribution in [0.4, 0.5) is 4.39 Å². The number of aryl methyl sites for hydroxylation is 1. The summed E-state index contributed by atoms with van der Waals surface area (Å²) in [6.45, 7) is 2.06. The van der Waals surface area contributed by atoms with Crippen molar-refractivity contribution in [1.82, 2.24) is 0 Å². The highest BCUT2D eigenvalue weighted by Crippen LogP contribution is 2.17. The summed E-state index contributed by atoms with van der Waals surface area (Å²) in [5, 5.41) is 0.589. The average Bonchev–Trinajstić information content (AvgIpc) is 2.23. The van der Waals surface area contributed by atoms with Gasteiger partial charge in [-0.25, -0.2) is 4.39 Å². The normalized spacial score (nSPS) is 12.8. The second-order valence-corrected chi connectivity index (χ2v) is 4.23. The van der Waals surface area contributed by atoms with E-state index in [1.807, 2.05) is 0 Å². The van der Waals surface area contributed by atoms with Gasteiger partial charge in [-0.15, -0.1) is 0 Å². The Kier molecular flexibility index (Phi) is 5.06. The van der Waals surface area contributed by atoms with Gasteiger partial charge in [0, 0.05) is 11.1 Å². The first-order valence-corrected chi connectivity index (χ1v) is 5.70. The van der Waals surface area contributed by atoms with Crippen LogP contribution < -0.4 is 5.73 Å². The lowest BCUT2D eigenvalue weighted by atomic mass is 10.0. The molecule has 1 aromatic rings. The minimum absolute atomic E-state index is 0.176. The van der Waals surface area contributed by atoms with Crippen LogP contribution in [-0.4, -0.2) is 6.04 Å². The fourth-order valence-corrected chi connectivity index (χ4v) is 1.69. The standard InChI is InChI=1S/C12H17ClFN/c1-2-11(15)5-3-4-9-8-10(13)6-7-12(9)14/h6-8,11H,2-5,15H2,1H3. The predicted octanol–water partition coefficient (Wildman–Crippen LogP) is 3.54. The molecule has 0 spiro atoms. The molecule has 0 amide bonds. The van der Waals surface area contributed by atoms with Gasteiger partial charge in [0.05, 0.1) is 0 Å². The molecule has 0 fully saturated rings. The minimum Gasteiger partial charge on any atom is -0.328 e. The minimum atomic E-state index is -0.176. The largest absolute Gasteiger partial charge is 0.328 e. The lowest BCUT2D eigenvalue weighted by Gasteiger charge is -2.08. The van der Waals surface area contributed by atoms with E-state index in [2.05, 4.69) is 6.92 Å². The van der Waals surface area contributed by atoms with Gasteiger partial charge in [-0.2, -0.15) is 0 Å². The fraction of sp³-hybridized carbons (Fsp3) is 0.500. The van der Waals surface area contributed by atoms with Crippen LogP contribution in [0.3, 0.4) is 0 Å². The second-order valence-electron chi connectivity index (χ2n) is 3.80. The van der Waals surface area contributed by atoms with Crippen molar-refractivity contribution in [3.63, 3.8) is 0 Å². The number of benzene rings is 1. The van der Waals surface area contributed by atoms with Crippen LogP contribution in [0.5, 0.6) is 0 Å². The number of nitrogens with two attached hydrogens (primary N) is 1. The molecule has 0 aliphatic heterocycles. The van der Waals surface area contributed by atoms with E-state index in [0.29, 0.717) is 17.0 Å². The van der Waals surface area contributed by atoms with E-state index in [1.165, 1.54) is 6.07 Å². The Balaban J connectivity index is 2.46. The van der Waals surface area contributed by atoms with Crippen LogP contribution in [0.15, 0.2) is 18.2 Å². The van der Waals surface area contributed by atoms with Crippen molar-refractivity contribution in [1.29, 1.82) is 0 Å². The molecule has 3 heteroatoms. The Bertz CT molecular complexity index is 314. The van der Waals surface area contributed by atoms with Gasteiger partial charge in [-0.05, 0) is 49.4 Å². The molecule has 1 atom stereocenters. The number of hydrogen-bond donors (Lipinski definition) is 1. The maximum Gasteiger partial charge on any atom is 0.126 e. The summed E-state index contributed by atoms with van der Waals surface area (Å²) in [6, 6.07) is 4.90. The Morgan fingerprint density at radius 2 is 2.20 bits per heavy atom. The quantitative estimate of drug-likeness (QED) is 0.821. The summed E-state index contributed by atoms with van der Waals surface area (Å²) in [5.41, 5.74) is 6.47. The Morgan fingerprint density at radius 3 is 2.87 bits per heavy atom. The van der Waals surface area contributed by atoms with Crippen molar-refractivity contribution >= 4 is 11.6 Å². The summed E-state index contributed by atoms with van der Waals surface area (Å²) < 4.78 is 13.3. The molecule has 0 heterocycles. The molecule has 0 aromatic heterocycles. The van der Waals surface area contributed by atoms with Crippen LogP contribution in [0, 0.1) is 5.82 Å². The van der Waals surface area contributed by atoms with E-state index in [0.717, 1.165) is 19.3 Å². The van der Waals surface area contributed by atoms with Gasteiger partial charge >= 0.3 is 0 Å². The van der Waals surface area contributed by atoms with Gasteiger partial charge in [0.25, 0.3) is 0 Å². The molecule has 0 aliphatic carbocycles. The van der Waals surface area contributed by atoms with E-state index >= 15 is 0 Å². The Labute approximate surface area is 95.4 Å². The van der Waals surface area contributed by atoms with Crippen molar-refractivity contribution in [3.05, 3.63) is 34.6 Å². The van der Waals surface area contributed by atoms with E-state index in [4.69, 9.17) is 17.3 Å². The Hall–Kier alpha value is -0.600. The molecule has 0 saturated heterocycles. The van der Waals surface area contributed by atoms with Gasteiger partial charge in [-0.3, -0.25) is 0 Å². The zero-order valence-corrected chi connectivity index (χ0v) is 9.73. The third-order valence-electron chi connectivity index (χ3n) is 2.55. The molecule has 0 saturated carbocycles. The third-order valence-corrected chi connectivity index (χ3v) is 2.79. The number of halogens is 2. The highest BCUT2D eigenvalue weighted by Gasteiger charge is 2.04. The highest BCUT2D eigenvalue weighted by molar-refractivity contribution is 6.30. The van der Waals surface area contributed by atoms with Gasteiger partial charge in [0.2, 0.25) is 0 Å². The van der Waals surface area contributed by atoms with Crippen LogP contribution in [-0.2, 0) is 6.42 Å². The van der Waals surface area contributed by atoms with E-state index < -0.39 is 0 Å². The molecule has 1 rings (SSSR count). The summed E-state index contributed by atoms with van der Waals surface area (Å²) >= 11 is 5.79. The number of hydrogen-bond acceptors (Lipinski definition) is 1. The molecule has 0 radical (unpaired) electrons. The first-order valence-electron chi connectivity index (χ1n) is 5.33. The molecule has 2 N–H and O–H groups in total. The van der Waals surface area contributed by atoms with Gasteiger partial charge in [0.15, 0.2) is 0 Å². The first kappa shape index (κ1) is 12.5. The van der Waals surface area contributed by atoms with Gasteiger partial charge in [0.1, 0.15) is 5.82 Å². The van der Waals surface area contributed by atoms with E-state index in [1.54, 1.807) is 12.1 Å². The van der Waals surface area contributed by atoms with Crippen LogP contribution >= 0.6 is 11.6 Å². The van der Waals surface area contributed by atoms with Crippen LogP contribution in [0.25, 0.3) is 0 Å². The monoisotopic (exact) mass is 229 g/mol. The lowest BCUT2D eigenvalue weighted by molar-refractivity contribution is 0.553. The molecular weight excluding hydrogens is 213 g/mol. The smallest absolute Gasteiger partial charge is 0.126 e. The maximum atomic E-state index is 13.3. The molecule has 1 nitrogen and oxygen atoms in total. The van der Waals surface area contributed by atoms with Crippen molar-refractivity contribution in [3.8, 4) is 0 Å². The van der Waals surface area contributed by atoms with Gasteiger partial charge < -0.3 is 5.73 Å². The topological polar surface area (TPSA) is 26.0 Å². The zero-order valence-electron chi connectivity index (χ0n) is 8.97. The van der Waals surface area contributed by atoms with E-state index in [9.17, 15) is 4.39 Å². The molecule has 15 heavy (non-hydrogen) atoms. The SMILES string of the molecule is CCC(N)CCCc1cc(Cl)ccc1F. The molecule has 1 unspecified atom stereocenters. The van der Waals surface area contributed by atoms with Crippen molar-refractivity contribution in [2.45, 2.75) is 38.6 Å². The lowest BCUT2D eigenvalue weighted by Crippen LogP contribution is -2.18. The van der Waals surface area contributed by atoms with Crippen molar-refractivity contribution < 1.29 is 4.39 Å². The van der Waals surface area contributed by atoms with Crippen molar-refractivity contribution in [2.75, 3.05) is 0 Å². The second kappa shape index (κ2) is 6.09. The van der Waals surface area contributed by atoms with E-state index in [-0.39, 0.29) is 11.9 Å². The van der Waals surface area contributed by atoms with Gasteiger partial charge in [-0.1, -0.05) is 18.5 Å². The highest BCUT2D eigenvalue weighted by atomic mass is 35.5. The fourth-order valence-electron chi connectivity index (χ4n) is 1.49. The summed E-state index contributed by atoms with van der Waals surface area (Å²) in [7, 11) is 0. The third kappa shape index (κ3) is 4.18. The summed E-state index contributed by atoms with van der Waals surface area (Å²) in [5.74, 6) is -0.176. The maximum absolute atomic E-state index is 13.3. The van der Waals surface area contributed by atoms with Crippen LogP contribution in [0.2, 0.25) is 5.02 Å². The predicted molar refractivity (Wildman–Crippen MR) is 62.6 cm³/mol. The number of rotatable bonds is 5. The summed E-state index contributed by atoms with van der Waals surface area (Å²) in [6.07, 6.45) is 3.52. The molecule has 0 aliphatic rings. The van der Waals surface area contributed by atoms with Crippen molar-refractivity contribution in [2.24, 2.45) is 5.73 Å². The molecular formula is C12H17ClFN. The van der Waals surface area contributed by atoms with Crippen LogP contribution in [0.1, 0.15) is 31.7 Å².